The Morgan fingerprint density at radius 1 is 1.29 bits per heavy atom. The van der Waals surface area contributed by atoms with Crippen LogP contribution in [0.5, 0.6) is 0 Å². The van der Waals surface area contributed by atoms with Crippen LogP contribution >= 0.6 is 34.4 Å². The van der Waals surface area contributed by atoms with E-state index in [0.717, 1.165) is 10.6 Å². The molecule has 5 heteroatoms. The Morgan fingerprint density at radius 2 is 1.86 bits per heavy atom. The summed E-state index contributed by atoms with van der Waals surface area (Å²) in [4.78, 5) is 22.3. The van der Waals surface area contributed by atoms with Crippen molar-refractivity contribution in [1.29, 1.82) is 0 Å². The Hall–Kier alpha value is -0.560. The molecule has 74 valence electrons. The lowest BCUT2D eigenvalue weighted by molar-refractivity contribution is -0.109. The molecule has 1 N–H and O–H groups in total. The highest BCUT2D eigenvalue weighted by Gasteiger charge is 1.99. The standard InChI is InChI=1S/C9H8INO2S/c1-6(12)14-8-4-2-7(3-5-8)11-9(10)13/h2-5H,1H3,(H,11,13). The van der Waals surface area contributed by atoms with Crippen molar-refractivity contribution in [2.45, 2.75) is 11.8 Å². The van der Waals surface area contributed by atoms with Gasteiger partial charge in [-0.05, 0) is 24.3 Å². The van der Waals surface area contributed by atoms with Crippen LogP contribution < -0.4 is 5.32 Å². The first-order valence-corrected chi connectivity index (χ1v) is 5.72. The van der Waals surface area contributed by atoms with E-state index in [0.29, 0.717) is 0 Å². The average Bonchev–Trinajstić information content (AvgIpc) is 2.06. The van der Waals surface area contributed by atoms with Crippen molar-refractivity contribution in [2.75, 3.05) is 5.32 Å². The number of thioether (sulfide) groups is 1. The lowest BCUT2D eigenvalue weighted by atomic mass is 10.3. The van der Waals surface area contributed by atoms with Crippen LogP contribution in [0.3, 0.4) is 0 Å². The first kappa shape index (κ1) is 11.5. The summed E-state index contributed by atoms with van der Waals surface area (Å²) in [6.07, 6.45) is 0. The van der Waals surface area contributed by atoms with E-state index in [1.807, 2.05) is 0 Å². The molecule has 0 fully saturated rings. The SMILES string of the molecule is CC(=O)Sc1ccc(NC(=O)I)cc1. The van der Waals surface area contributed by atoms with E-state index < -0.39 is 0 Å². The van der Waals surface area contributed by atoms with Crippen molar-refractivity contribution in [3.8, 4) is 0 Å². The Labute approximate surface area is 99.8 Å². The summed E-state index contributed by atoms with van der Waals surface area (Å²) in [5, 5.41) is 2.69. The zero-order chi connectivity index (χ0) is 10.6. The van der Waals surface area contributed by atoms with Gasteiger partial charge in [-0.25, -0.2) is 0 Å². The molecule has 1 aromatic carbocycles. The van der Waals surface area contributed by atoms with Crippen LogP contribution in [0.2, 0.25) is 0 Å². The number of hydrogen-bond donors (Lipinski definition) is 1. The second-order valence-corrected chi connectivity index (χ2v) is 4.75. The van der Waals surface area contributed by atoms with Crippen molar-refractivity contribution in [3.63, 3.8) is 0 Å². The summed E-state index contributed by atoms with van der Waals surface area (Å²) in [6, 6.07) is 7.13. The fourth-order valence-electron chi connectivity index (χ4n) is 0.886. The van der Waals surface area contributed by atoms with Gasteiger partial charge in [-0.1, -0.05) is 11.8 Å². The minimum Gasteiger partial charge on any atom is -0.317 e. The molecule has 0 heterocycles. The van der Waals surface area contributed by atoms with Gasteiger partial charge in [-0.15, -0.1) is 0 Å². The van der Waals surface area contributed by atoms with Gasteiger partial charge < -0.3 is 5.32 Å². The predicted octanol–water partition coefficient (Wildman–Crippen LogP) is 3.29. The number of carbonyl (C=O) groups excluding carboxylic acids is 2. The summed E-state index contributed by atoms with van der Waals surface area (Å²) < 4.78 is -0.130. The molecule has 0 aliphatic rings. The van der Waals surface area contributed by atoms with Gasteiger partial charge >= 0.3 is 0 Å². The lowest BCUT2D eigenvalue weighted by Crippen LogP contribution is -1.99. The third kappa shape index (κ3) is 4.10. The van der Waals surface area contributed by atoms with Gasteiger partial charge in [0.05, 0.1) is 0 Å². The fraction of sp³-hybridized carbons (Fsp3) is 0.111. The van der Waals surface area contributed by atoms with Gasteiger partial charge in [0.25, 0.3) is 3.91 Å². The zero-order valence-electron chi connectivity index (χ0n) is 7.41. The summed E-state index contributed by atoms with van der Waals surface area (Å²) >= 11 is 2.84. The second kappa shape index (κ2) is 5.35. The van der Waals surface area contributed by atoms with Crippen molar-refractivity contribution in [2.24, 2.45) is 0 Å². The maximum absolute atomic E-state index is 10.8. The van der Waals surface area contributed by atoms with Crippen molar-refractivity contribution < 1.29 is 9.59 Å². The minimum absolute atomic E-state index is 0.0516. The van der Waals surface area contributed by atoms with Crippen molar-refractivity contribution in [3.05, 3.63) is 24.3 Å². The topological polar surface area (TPSA) is 46.2 Å². The number of amides is 1. The highest BCUT2D eigenvalue weighted by Crippen LogP contribution is 2.20. The van der Waals surface area contributed by atoms with Gasteiger partial charge in [-0.3, -0.25) is 9.59 Å². The molecule has 0 aliphatic carbocycles. The van der Waals surface area contributed by atoms with E-state index >= 15 is 0 Å². The molecule has 0 radical (unpaired) electrons. The molecule has 0 unspecified atom stereocenters. The molecule has 1 rings (SSSR count). The molecule has 0 atom stereocenters. The number of benzene rings is 1. The molecule has 14 heavy (non-hydrogen) atoms. The Morgan fingerprint density at radius 3 is 2.29 bits per heavy atom. The van der Waals surface area contributed by atoms with E-state index in [1.54, 1.807) is 46.9 Å². The van der Waals surface area contributed by atoms with Crippen LogP contribution in [-0.4, -0.2) is 9.03 Å². The number of rotatable bonds is 2. The van der Waals surface area contributed by atoms with Crippen LogP contribution in [-0.2, 0) is 4.79 Å². The van der Waals surface area contributed by atoms with Crippen LogP contribution in [0.15, 0.2) is 29.2 Å². The quantitative estimate of drug-likeness (QED) is 0.393. The third-order valence-electron chi connectivity index (χ3n) is 1.36. The van der Waals surface area contributed by atoms with E-state index in [4.69, 9.17) is 0 Å². The van der Waals surface area contributed by atoms with Crippen molar-refractivity contribution >= 4 is 49.1 Å². The molecule has 0 aromatic heterocycles. The Balaban J connectivity index is 2.68. The highest BCUT2D eigenvalue weighted by molar-refractivity contribution is 14.1. The number of nitrogens with one attached hydrogen (secondary N) is 1. The first-order valence-electron chi connectivity index (χ1n) is 3.83. The Bertz CT molecular complexity index is 315. The summed E-state index contributed by atoms with van der Waals surface area (Å²) in [5.74, 6) is 0. The summed E-state index contributed by atoms with van der Waals surface area (Å²) in [7, 11) is 0. The van der Waals surface area contributed by atoms with E-state index in [-0.39, 0.29) is 9.03 Å². The Kier molecular flexibility index (Phi) is 4.40. The fourth-order valence-corrected chi connectivity index (χ4v) is 1.80. The summed E-state index contributed by atoms with van der Waals surface area (Å²) in [5.41, 5.74) is 0.734. The maximum atomic E-state index is 10.8. The summed E-state index contributed by atoms with van der Waals surface area (Å²) in [6.45, 7) is 1.52. The van der Waals surface area contributed by atoms with Crippen LogP contribution in [0.1, 0.15) is 6.92 Å². The molecular formula is C9H8INO2S. The molecule has 0 saturated heterocycles. The third-order valence-corrected chi connectivity index (χ3v) is 2.42. The van der Waals surface area contributed by atoms with Crippen LogP contribution in [0.4, 0.5) is 10.5 Å². The second-order valence-electron chi connectivity index (χ2n) is 2.52. The molecule has 0 saturated carbocycles. The van der Waals surface area contributed by atoms with Gasteiger partial charge in [0, 0.05) is 40.1 Å². The molecule has 0 bridgehead atoms. The maximum Gasteiger partial charge on any atom is 0.284 e. The molecule has 0 aliphatic heterocycles. The highest BCUT2D eigenvalue weighted by atomic mass is 127. The number of carbonyl (C=O) groups is 2. The monoisotopic (exact) mass is 321 g/mol. The number of hydrogen-bond acceptors (Lipinski definition) is 3. The molecule has 1 aromatic rings. The largest absolute Gasteiger partial charge is 0.317 e. The van der Waals surface area contributed by atoms with Crippen LogP contribution in [0, 0.1) is 0 Å². The smallest absolute Gasteiger partial charge is 0.284 e. The van der Waals surface area contributed by atoms with Gasteiger partial charge in [0.1, 0.15) is 0 Å². The molecular weight excluding hydrogens is 313 g/mol. The van der Waals surface area contributed by atoms with E-state index in [9.17, 15) is 9.59 Å². The van der Waals surface area contributed by atoms with E-state index in [1.165, 1.54) is 18.7 Å². The van der Waals surface area contributed by atoms with Gasteiger partial charge in [-0.2, -0.15) is 0 Å². The zero-order valence-corrected chi connectivity index (χ0v) is 10.4. The van der Waals surface area contributed by atoms with E-state index in [2.05, 4.69) is 5.32 Å². The average molecular weight is 321 g/mol. The molecule has 1 amide bonds. The predicted molar refractivity (Wildman–Crippen MR) is 66.0 cm³/mol. The number of anilines is 1. The number of halogens is 1. The minimum atomic E-state index is -0.130. The van der Waals surface area contributed by atoms with Gasteiger partial charge in [0.2, 0.25) is 0 Å². The molecule has 0 spiro atoms. The molecule has 3 nitrogen and oxygen atoms in total. The lowest BCUT2D eigenvalue weighted by Gasteiger charge is -2.01. The normalized spacial score (nSPS) is 9.57. The van der Waals surface area contributed by atoms with Crippen LogP contribution in [0.25, 0.3) is 0 Å². The van der Waals surface area contributed by atoms with Gasteiger partial charge in [0.15, 0.2) is 5.12 Å². The van der Waals surface area contributed by atoms with Crippen molar-refractivity contribution in [1.82, 2.24) is 0 Å². The first-order chi connectivity index (χ1) is 6.58.